The Morgan fingerprint density at radius 1 is 1.29 bits per heavy atom. The maximum Gasteiger partial charge on any atom is 0.583 e. The minimum atomic E-state index is -0.243. The largest absolute Gasteiger partial charge is 0.583 e. The molecular formula is C10H15N2O2+. The number of carbonyl (C=O) groups is 1. The second-order valence-electron chi connectivity index (χ2n) is 3.12. The monoisotopic (exact) mass is 195 g/mol. The third-order valence-corrected chi connectivity index (χ3v) is 1.88. The Morgan fingerprint density at radius 2 is 2.00 bits per heavy atom. The minimum Gasteiger partial charge on any atom is -0.232 e. The third kappa shape index (κ3) is 4.07. The van der Waals surface area contributed by atoms with Crippen LogP contribution in [-0.4, -0.2) is 24.4 Å². The van der Waals surface area contributed by atoms with Gasteiger partial charge in [0.2, 0.25) is 0 Å². The summed E-state index contributed by atoms with van der Waals surface area (Å²) >= 11 is 0. The first kappa shape index (κ1) is 10.8. The van der Waals surface area contributed by atoms with E-state index in [-0.39, 0.29) is 12.0 Å². The molecule has 0 saturated heterocycles. The van der Waals surface area contributed by atoms with Crippen molar-refractivity contribution in [1.29, 1.82) is 0 Å². The van der Waals surface area contributed by atoms with Crippen LogP contribution in [0.5, 0.6) is 0 Å². The van der Waals surface area contributed by atoms with Crippen LogP contribution in [0, 0.1) is 0 Å². The molecule has 0 aromatic carbocycles. The van der Waals surface area contributed by atoms with Crippen molar-refractivity contribution in [3.63, 3.8) is 0 Å². The summed E-state index contributed by atoms with van der Waals surface area (Å²) in [4.78, 5) is 18.7. The summed E-state index contributed by atoms with van der Waals surface area (Å²) in [5, 5.41) is 0. The molecule has 0 spiro atoms. The highest BCUT2D eigenvalue weighted by atomic mass is 16.5. The van der Waals surface area contributed by atoms with Gasteiger partial charge in [-0.05, 0) is 6.42 Å². The number of amides is 2. The fraction of sp³-hybridized carbons (Fsp3) is 0.600. The fourth-order valence-corrected chi connectivity index (χ4v) is 1.13. The topological polar surface area (TPSA) is 53.1 Å². The lowest BCUT2D eigenvalue weighted by Crippen LogP contribution is -1.93. The molecule has 2 amide bonds. The predicted octanol–water partition coefficient (Wildman–Crippen LogP) is 2.29. The predicted molar refractivity (Wildman–Crippen MR) is 56.1 cm³/mol. The molecule has 0 atom stereocenters. The smallest absolute Gasteiger partial charge is 0.232 e. The van der Waals surface area contributed by atoms with Gasteiger partial charge in [0.1, 0.15) is 6.42 Å². The van der Waals surface area contributed by atoms with Crippen LogP contribution in [0.15, 0.2) is 9.98 Å². The number of urea groups is 1. The molecule has 4 nitrogen and oxygen atoms in total. The van der Waals surface area contributed by atoms with E-state index in [1.54, 1.807) is 0 Å². The Balaban J connectivity index is 2.19. The van der Waals surface area contributed by atoms with Crippen LogP contribution in [-0.2, 0) is 4.79 Å². The Bertz CT molecular complexity index is 266. The van der Waals surface area contributed by atoms with Gasteiger partial charge in [0, 0.05) is 4.79 Å². The molecule has 4 heteroatoms. The fourth-order valence-electron chi connectivity index (χ4n) is 1.13. The molecule has 0 fully saturated rings. The summed E-state index contributed by atoms with van der Waals surface area (Å²) in [6, 6.07) is 0.158. The van der Waals surface area contributed by atoms with E-state index in [4.69, 9.17) is 4.42 Å². The number of aliphatic imine (C=N–C) groups is 2. The van der Waals surface area contributed by atoms with E-state index in [0.29, 0.717) is 6.42 Å². The molecule has 1 rings (SSSR count). The normalized spacial score (nSPS) is 13.6. The van der Waals surface area contributed by atoms with E-state index in [0.717, 1.165) is 12.8 Å². The van der Waals surface area contributed by atoms with Gasteiger partial charge in [-0.15, -0.1) is 0 Å². The molecular weight excluding hydrogens is 180 g/mol. The van der Waals surface area contributed by atoms with Gasteiger partial charge in [0.15, 0.2) is 0 Å². The lowest BCUT2D eigenvalue weighted by molar-refractivity contribution is -0.190. The van der Waals surface area contributed by atoms with Gasteiger partial charge >= 0.3 is 12.0 Å². The van der Waals surface area contributed by atoms with E-state index < -0.39 is 0 Å². The van der Waals surface area contributed by atoms with Gasteiger partial charge in [-0.3, -0.25) is 0 Å². The first-order chi connectivity index (χ1) is 6.83. The van der Waals surface area contributed by atoms with Crippen molar-refractivity contribution in [2.45, 2.75) is 39.0 Å². The zero-order chi connectivity index (χ0) is 10.2. The second kappa shape index (κ2) is 6.18. The Hall–Kier alpha value is -1.32. The molecule has 0 bridgehead atoms. The molecule has 76 valence electrons. The molecule has 0 radical (unpaired) electrons. The highest BCUT2D eigenvalue weighted by molar-refractivity contribution is 6.25. The number of unbranched alkanes of at least 4 members (excludes halogenated alkanes) is 3. The average molecular weight is 195 g/mol. The van der Waals surface area contributed by atoms with Crippen LogP contribution in [0.3, 0.4) is 0 Å². The zero-order valence-corrected chi connectivity index (χ0v) is 8.40. The van der Waals surface area contributed by atoms with Crippen molar-refractivity contribution in [1.82, 2.24) is 0 Å². The summed E-state index contributed by atoms with van der Waals surface area (Å²) in [6.45, 7) is 2.14. The van der Waals surface area contributed by atoms with Gasteiger partial charge < -0.3 is 0 Å². The molecule has 0 aliphatic carbocycles. The van der Waals surface area contributed by atoms with Crippen molar-refractivity contribution in [3.05, 3.63) is 0 Å². The standard InChI is InChI=1S/C10H15N2O2/c1-2-3-4-5-6-9(13)14-10-11-7-8-12-10/h7-8H,2-6H2,1H3/q+1. The molecule has 1 aliphatic heterocycles. The van der Waals surface area contributed by atoms with E-state index in [1.165, 1.54) is 25.3 Å². The molecule has 0 saturated carbocycles. The van der Waals surface area contributed by atoms with Crippen molar-refractivity contribution < 1.29 is 9.22 Å². The molecule has 0 aromatic rings. The average Bonchev–Trinajstić information content (AvgIpc) is 2.65. The zero-order valence-electron chi connectivity index (χ0n) is 8.40. The third-order valence-electron chi connectivity index (χ3n) is 1.88. The van der Waals surface area contributed by atoms with Crippen LogP contribution >= 0.6 is 0 Å². The van der Waals surface area contributed by atoms with Crippen molar-refractivity contribution in [2.75, 3.05) is 0 Å². The molecule has 0 aromatic heterocycles. The maximum atomic E-state index is 11.2. The van der Waals surface area contributed by atoms with Gasteiger partial charge in [-0.25, -0.2) is 4.42 Å². The Kier molecular flexibility index (Phi) is 4.75. The lowest BCUT2D eigenvalue weighted by atomic mass is 10.2. The molecule has 1 heterocycles. The molecule has 0 N–H and O–H groups in total. The summed E-state index contributed by atoms with van der Waals surface area (Å²) in [6.07, 6.45) is 7.75. The van der Waals surface area contributed by atoms with Gasteiger partial charge in [0.25, 0.3) is 0 Å². The second-order valence-corrected chi connectivity index (χ2v) is 3.12. The SMILES string of the molecule is CCCCCCC(=O)[O+]=C1N=CC=N1. The van der Waals surface area contributed by atoms with Gasteiger partial charge in [0.05, 0.1) is 12.4 Å². The quantitative estimate of drug-likeness (QED) is 0.490. The number of carbonyl (C=O) groups excluding carboxylic acids is 2. The van der Waals surface area contributed by atoms with Crippen molar-refractivity contribution >= 4 is 24.4 Å². The summed E-state index contributed by atoms with van der Waals surface area (Å²) < 4.78 is 4.87. The highest BCUT2D eigenvalue weighted by Gasteiger charge is 2.16. The first-order valence-electron chi connectivity index (χ1n) is 4.97. The van der Waals surface area contributed by atoms with E-state index >= 15 is 0 Å². The van der Waals surface area contributed by atoms with Gasteiger partial charge in [-0.2, -0.15) is 9.98 Å². The highest BCUT2D eigenvalue weighted by Crippen LogP contribution is 2.06. The van der Waals surface area contributed by atoms with Crippen molar-refractivity contribution in [2.24, 2.45) is 9.98 Å². The maximum absolute atomic E-state index is 11.2. The van der Waals surface area contributed by atoms with E-state index in [2.05, 4.69) is 16.9 Å². The van der Waals surface area contributed by atoms with Gasteiger partial charge in [-0.1, -0.05) is 26.2 Å². The summed E-state index contributed by atoms with van der Waals surface area (Å²) in [5.41, 5.74) is 0. The van der Waals surface area contributed by atoms with Crippen LogP contribution in [0.2, 0.25) is 0 Å². The number of hydrogen-bond donors (Lipinski definition) is 0. The number of rotatable bonds is 5. The van der Waals surface area contributed by atoms with Crippen LogP contribution in [0.1, 0.15) is 39.0 Å². The lowest BCUT2D eigenvalue weighted by Gasteiger charge is -1.90. The first-order valence-corrected chi connectivity index (χ1v) is 4.97. The van der Waals surface area contributed by atoms with E-state index in [9.17, 15) is 4.79 Å². The molecule has 0 unspecified atom stereocenters. The summed E-state index contributed by atoms with van der Waals surface area (Å²) in [5.74, 6) is -0.243. The Morgan fingerprint density at radius 3 is 2.64 bits per heavy atom. The minimum absolute atomic E-state index is 0.158. The van der Waals surface area contributed by atoms with Crippen LogP contribution < -0.4 is 0 Å². The van der Waals surface area contributed by atoms with Crippen molar-refractivity contribution in [3.8, 4) is 0 Å². The Labute approximate surface area is 83.5 Å². The van der Waals surface area contributed by atoms with Crippen LogP contribution in [0.25, 0.3) is 0 Å². The number of nitrogens with zero attached hydrogens (tertiary/aromatic N) is 2. The molecule has 14 heavy (non-hydrogen) atoms. The number of hydrogen-bond acceptors (Lipinski definition) is 1. The van der Waals surface area contributed by atoms with E-state index in [1.807, 2.05) is 0 Å². The molecule has 1 aliphatic rings. The van der Waals surface area contributed by atoms with Crippen LogP contribution in [0.4, 0.5) is 4.42 Å². The summed E-state index contributed by atoms with van der Waals surface area (Å²) in [7, 11) is 0.